The maximum Gasteiger partial charge on any atom is 0.322 e. The maximum atomic E-state index is 11.9. The lowest BCUT2D eigenvalue weighted by molar-refractivity contribution is -0.146. The summed E-state index contributed by atoms with van der Waals surface area (Å²) in [4.78, 5) is 14.0. The molecule has 144 valence electrons. The number of nitrogens with zero attached hydrogens (tertiary/aromatic N) is 1. The lowest BCUT2D eigenvalue weighted by atomic mass is 9.71. The number of hydrogen-bond acceptors (Lipinski definition) is 4. The Morgan fingerprint density at radius 2 is 1.93 bits per heavy atom. The van der Waals surface area contributed by atoms with Crippen LogP contribution in [0.15, 0.2) is 48.5 Å². The van der Waals surface area contributed by atoms with Crippen molar-refractivity contribution in [1.29, 1.82) is 0 Å². The van der Waals surface area contributed by atoms with Gasteiger partial charge in [-0.25, -0.2) is 0 Å². The number of likely N-dealkylation sites (N-methyl/N-ethyl adjacent to an activating group) is 1. The molecule has 0 bridgehead atoms. The van der Waals surface area contributed by atoms with Gasteiger partial charge in [0.1, 0.15) is 11.8 Å². The van der Waals surface area contributed by atoms with Crippen LogP contribution in [0.25, 0.3) is 0 Å². The van der Waals surface area contributed by atoms with E-state index >= 15 is 0 Å². The summed E-state index contributed by atoms with van der Waals surface area (Å²) in [6.07, 6.45) is 2.11. The number of carbonyl (C=O) groups is 1. The third-order valence-corrected chi connectivity index (χ3v) is 5.83. The summed E-state index contributed by atoms with van der Waals surface area (Å²) in [5, 5.41) is 0. The molecule has 1 aliphatic carbocycles. The van der Waals surface area contributed by atoms with Crippen molar-refractivity contribution in [3.63, 3.8) is 0 Å². The monoisotopic (exact) mass is 367 g/mol. The number of esters is 1. The normalized spacial score (nSPS) is 20.0. The van der Waals surface area contributed by atoms with Crippen molar-refractivity contribution >= 4 is 5.97 Å². The van der Waals surface area contributed by atoms with Crippen molar-refractivity contribution in [1.82, 2.24) is 4.90 Å². The molecule has 0 amide bonds. The second-order valence-corrected chi connectivity index (χ2v) is 7.39. The highest BCUT2D eigenvalue weighted by Gasteiger charge is 2.33. The Kier molecular flexibility index (Phi) is 6.17. The van der Waals surface area contributed by atoms with Crippen LogP contribution in [0, 0.1) is 5.92 Å². The van der Waals surface area contributed by atoms with Gasteiger partial charge in [-0.05, 0) is 61.6 Å². The number of rotatable bonds is 6. The minimum absolute atomic E-state index is 0.185. The standard InChI is InChI=1S/C23H29NO3/c1-16(23(25)27-4)24(2)15-19-11-10-18-14-20(26-3)12-13-21(18)22(19)17-8-6-5-7-9-17/h5-9,12-14,16,19,22H,10-11,15H2,1-4H3/t16?,19-,22+/m1/s1. The van der Waals surface area contributed by atoms with E-state index in [9.17, 15) is 4.79 Å². The van der Waals surface area contributed by atoms with Crippen molar-refractivity contribution in [3.8, 4) is 5.75 Å². The summed E-state index contributed by atoms with van der Waals surface area (Å²) in [5.41, 5.74) is 4.06. The molecule has 1 unspecified atom stereocenters. The smallest absolute Gasteiger partial charge is 0.322 e. The summed E-state index contributed by atoms with van der Waals surface area (Å²) < 4.78 is 10.3. The Hall–Kier alpha value is -2.33. The lowest BCUT2D eigenvalue weighted by Gasteiger charge is -2.37. The molecule has 0 aliphatic heterocycles. The molecule has 4 nitrogen and oxygen atoms in total. The van der Waals surface area contributed by atoms with E-state index in [1.54, 1.807) is 7.11 Å². The molecular weight excluding hydrogens is 338 g/mol. The fraction of sp³-hybridized carbons (Fsp3) is 0.435. The van der Waals surface area contributed by atoms with Gasteiger partial charge >= 0.3 is 5.97 Å². The van der Waals surface area contributed by atoms with Crippen LogP contribution in [0.5, 0.6) is 5.75 Å². The maximum absolute atomic E-state index is 11.9. The molecule has 0 saturated carbocycles. The molecule has 3 rings (SSSR count). The van der Waals surface area contributed by atoms with Gasteiger partial charge in [0.05, 0.1) is 14.2 Å². The molecule has 0 saturated heterocycles. The number of ether oxygens (including phenoxy) is 2. The Morgan fingerprint density at radius 1 is 1.19 bits per heavy atom. The van der Waals surface area contributed by atoms with E-state index in [-0.39, 0.29) is 12.0 Å². The molecular formula is C23H29NO3. The highest BCUT2D eigenvalue weighted by molar-refractivity contribution is 5.75. The van der Waals surface area contributed by atoms with Crippen LogP contribution in [0.4, 0.5) is 0 Å². The molecule has 27 heavy (non-hydrogen) atoms. The lowest BCUT2D eigenvalue weighted by Crippen LogP contribution is -2.41. The third-order valence-electron chi connectivity index (χ3n) is 5.83. The van der Waals surface area contributed by atoms with Crippen LogP contribution in [0.3, 0.4) is 0 Å². The number of aryl methyl sites for hydroxylation is 1. The first-order chi connectivity index (χ1) is 13.0. The second-order valence-electron chi connectivity index (χ2n) is 7.39. The van der Waals surface area contributed by atoms with Crippen molar-refractivity contribution in [2.75, 3.05) is 27.8 Å². The van der Waals surface area contributed by atoms with Crippen LogP contribution in [0.1, 0.15) is 36.0 Å². The SMILES string of the molecule is COC(=O)C(C)N(C)C[C@H]1CCc2cc(OC)ccc2[C@H]1c1ccccc1. The first kappa shape index (κ1) is 19.4. The molecule has 0 fully saturated rings. The molecule has 1 aliphatic rings. The largest absolute Gasteiger partial charge is 0.497 e. The fourth-order valence-corrected chi connectivity index (χ4v) is 4.18. The fourth-order valence-electron chi connectivity index (χ4n) is 4.18. The Morgan fingerprint density at radius 3 is 2.59 bits per heavy atom. The topological polar surface area (TPSA) is 38.8 Å². The average molecular weight is 367 g/mol. The van der Waals surface area contributed by atoms with Crippen molar-refractivity contribution in [3.05, 3.63) is 65.2 Å². The predicted molar refractivity (Wildman–Crippen MR) is 107 cm³/mol. The zero-order valence-corrected chi connectivity index (χ0v) is 16.6. The van der Waals surface area contributed by atoms with E-state index in [4.69, 9.17) is 9.47 Å². The van der Waals surface area contributed by atoms with Gasteiger partial charge in [0.15, 0.2) is 0 Å². The third kappa shape index (κ3) is 4.16. The van der Waals surface area contributed by atoms with Gasteiger partial charge in [-0.15, -0.1) is 0 Å². The van der Waals surface area contributed by atoms with Gasteiger partial charge in [-0.3, -0.25) is 9.69 Å². The number of hydrogen-bond donors (Lipinski definition) is 0. The Bertz CT molecular complexity index is 774. The van der Waals surface area contributed by atoms with Gasteiger partial charge in [0, 0.05) is 12.5 Å². The average Bonchev–Trinajstić information content (AvgIpc) is 2.72. The minimum atomic E-state index is -0.247. The van der Waals surface area contributed by atoms with E-state index < -0.39 is 0 Å². The van der Waals surface area contributed by atoms with Crippen molar-refractivity contribution in [2.24, 2.45) is 5.92 Å². The van der Waals surface area contributed by atoms with Crippen LogP contribution in [0.2, 0.25) is 0 Å². The summed E-state index contributed by atoms with van der Waals surface area (Å²) in [6, 6.07) is 16.9. The van der Waals surface area contributed by atoms with E-state index in [0.29, 0.717) is 11.8 Å². The highest BCUT2D eigenvalue weighted by atomic mass is 16.5. The molecule has 0 radical (unpaired) electrons. The van der Waals surface area contributed by atoms with E-state index in [2.05, 4.69) is 53.4 Å². The number of benzene rings is 2. The highest BCUT2D eigenvalue weighted by Crippen LogP contribution is 2.42. The van der Waals surface area contributed by atoms with Gasteiger partial charge in [-0.2, -0.15) is 0 Å². The van der Waals surface area contributed by atoms with Gasteiger partial charge in [0.2, 0.25) is 0 Å². The quantitative estimate of drug-likeness (QED) is 0.726. The first-order valence-corrected chi connectivity index (χ1v) is 9.55. The zero-order valence-electron chi connectivity index (χ0n) is 16.6. The Labute approximate surface area is 162 Å². The van der Waals surface area contributed by atoms with Crippen LogP contribution >= 0.6 is 0 Å². The molecule has 3 atom stereocenters. The molecule has 0 aromatic heterocycles. The summed E-state index contributed by atoms with van der Waals surface area (Å²) in [7, 11) is 5.17. The van der Waals surface area contributed by atoms with Crippen molar-refractivity contribution < 1.29 is 14.3 Å². The number of methoxy groups -OCH3 is 2. The number of fused-ring (bicyclic) bond motifs is 1. The number of carbonyl (C=O) groups excluding carboxylic acids is 1. The molecule has 0 spiro atoms. The van der Waals surface area contributed by atoms with Crippen LogP contribution in [-0.4, -0.2) is 44.7 Å². The van der Waals surface area contributed by atoms with Gasteiger partial charge in [0.25, 0.3) is 0 Å². The molecule has 2 aromatic carbocycles. The first-order valence-electron chi connectivity index (χ1n) is 9.55. The molecule has 2 aromatic rings. The van der Waals surface area contributed by atoms with E-state index in [1.165, 1.54) is 23.8 Å². The minimum Gasteiger partial charge on any atom is -0.497 e. The van der Waals surface area contributed by atoms with E-state index in [0.717, 1.165) is 25.1 Å². The summed E-state index contributed by atoms with van der Waals surface area (Å²) >= 11 is 0. The summed E-state index contributed by atoms with van der Waals surface area (Å²) in [5.74, 6) is 1.48. The van der Waals surface area contributed by atoms with Crippen LogP contribution in [-0.2, 0) is 16.0 Å². The predicted octanol–water partition coefficient (Wildman–Crippen LogP) is 3.88. The second kappa shape index (κ2) is 8.57. The van der Waals surface area contributed by atoms with E-state index in [1.807, 2.05) is 14.0 Å². The zero-order chi connectivity index (χ0) is 19.4. The Balaban J connectivity index is 1.92. The van der Waals surface area contributed by atoms with Gasteiger partial charge < -0.3 is 9.47 Å². The summed E-state index contributed by atoms with van der Waals surface area (Å²) in [6.45, 7) is 2.76. The molecule has 0 N–H and O–H groups in total. The molecule has 0 heterocycles. The van der Waals surface area contributed by atoms with Crippen LogP contribution < -0.4 is 4.74 Å². The van der Waals surface area contributed by atoms with Crippen molar-refractivity contribution in [2.45, 2.75) is 31.7 Å². The van der Waals surface area contributed by atoms with Gasteiger partial charge in [-0.1, -0.05) is 36.4 Å². The molecule has 4 heteroatoms.